The molecule has 0 bridgehead atoms. The largest absolute Gasteiger partial charge is 0.489 e. The summed E-state index contributed by atoms with van der Waals surface area (Å²) in [5.41, 5.74) is 6.71. The van der Waals surface area contributed by atoms with Gasteiger partial charge in [-0.15, -0.1) is 11.8 Å². The van der Waals surface area contributed by atoms with Crippen LogP contribution in [0, 0.1) is 0 Å². The standard InChI is InChI=1S/C13H13ClN2O2S2/c14-9-4-8(7-19-11-6-16-13(15)20-11)5-10-12(9)18-3-1-2-17-10/h4-6H,1-3,7H2,(H2,15,16). The first-order valence-corrected chi connectivity index (χ1v) is 8.32. The second kappa shape index (κ2) is 6.11. The summed E-state index contributed by atoms with van der Waals surface area (Å²) in [5.74, 6) is 2.17. The average molecular weight is 329 g/mol. The number of hydrogen-bond acceptors (Lipinski definition) is 6. The molecule has 1 aliphatic heterocycles. The summed E-state index contributed by atoms with van der Waals surface area (Å²) in [6, 6.07) is 3.91. The zero-order chi connectivity index (χ0) is 13.9. The van der Waals surface area contributed by atoms with Gasteiger partial charge in [-0.25, -0.2) is 4.98 Å². The van der Waals surface area contributed by atoms with Crippen LogP contribution in [-0.4, -0.2) is 18.2 Å². The van der Waals surface area contributed by atoms with Crippen molar-refractivity contribution in [2.45, 2.75) is 16.4 Å². The van der Waals surface area contributed by atoms with Gasteiger partial charge in [0.2, 0.25) is 0 Å². The molecule has 3 rings (SSSR count). The number of halogens is 1. The molecule has 106 valence electrons. The number of aromatic nitrogens is 1. The van der Waals surface area contributed by atoms with E-state index in [-0.39, 0.29) is 0 Å². The first-order valence-electron chi connectivity index (χ1n) is 6.14. The van der Waals surface area contributed by atoms with Gasteiger partial charge in [-0.05, 0) is 17.7 Å². The fourth-order valence-corrected chi connectivity index (χ4v) is 3.84. The highest BCUT2D eigenvalue weighted by atomic mass is 35.5. The Kier molecular flexibility index (Phi) is 4.24. The first-order chi connectivity index (χ1) is 9.72. The minimum Gasteiger partial charge on any atom is -0.489 e. The number of anilines is 1. The van der Waals surface area contributed by atoms with Gasteiger partial charge in [0.05, 0.1) is 28.6 Å². The maximum absolute atomic E-state index is 6.26. The SMILES string of the molecule is Nc1ncc(SCc2cc(Cl)c3c(c2)OCCCO3)s1. The lowest BCUT2D eigenvalue weighted by atomic mass is 10.2. The number of nitrogens with zero attached hydrogens (tertiary/aromatic N) is 1. The second-order valence-electron chi connectivity index (χ2n) is 4.26. The van der Waals surface area contributed by atoms with E-state index >= 15 is 0 Å². The number of thioether (sulfide) groups is 1. The van der Waals surface area contributed by atoms with Crippen LogP contribution in [0.15, 0.2) is 22.5 Å². The predicted molar refractivity (Wildman–Crippen MR) is 83.1 cm³/mol. The van der Waals surface area contributed by atoms with E-state index in [1.807, 2.05) is 12.1 Å². The normalized spacial score (nSPS) is 14.1. The summed E-state index contributed by atoms with van der Waals surface area (Å²) >= 11 is 9.43. The molecule has 2 aromatic rings. The molecule has 0 saturated carbocycles. The maximum Gasteiger partial charge on any atom is 0.181 e. The highest BCUT2D eigenvalue weighted by Gasteiger charge is 2.15. The van der Waals surface area contributed by atoms with Crippen LogP contribution in [0.5, 0.6) is 11.5 Å². The van der Waals surface area contributed by atoms with Gasteiger partial charge in [0.25, 0.3) is 0 Å². The van der Waals surface area contributed by atoms with Crippen molar-refractivity contribution in [3.63, 3.8) is 0 Å². The van der Waals surface area contributed by atoms with Gasteiger partial charge >= 0.3 is 0 Å². The van der Waals surface area contributed by atoms with Gasteiger partial charge in [0.15, 0.2) is 16.6 Å². The smallest absolute Gasteiger partial charge is 0.181 e. The van der Waals surface area contributed by atoms with Crippen molar-refractivity contribution in [2.24, 2.45) is 0 Å². The molecule has 20 heavy (non-hydrogen) atoms. The van der Waals surface area contributed by atoms with Gasteiger partial charge in [0, 0.05) is 12.2 Å². The number of nitrogens with two attached hydrogens (primary N) is 1. The Morgan fingerprint density at radius 1 is 1.35 bits per heavy atom. The Morgan fingerprint density at radius 3 is 3.00 bits per heavy atom. The predicted octanol–water partition coefficient (Wildman–Crippen LogP) is 3.83. The molecular weight excluding hydrogens is 316 g/mol. The van der Waals surface area contributed by atoms with Crippen molar-refractivity contribution in [3.8, 4) is 11.5 Å². The summed E-state index contributed by atoms with van der Waals surface area (Å²) in [6.07, 6.45) is 2.66. The monoisotopic (exact) mass is 328 g/mol. The molecule has 0 atom stereocenters. The van der Waals surface area contributed by atoms with E-state index in [9.17, 15) is 0 Å². The summed E-state index contributed by atoms with van der Waals surface area (Å²) in [7, 11) is 0. The minimum atomic E-state index is 0.587. The lowest BCUT2D eigenvalue weighted by molar-refractivity contribution is 0.297. The number of ether oxygens (including phenoxy) is 2. The topological polar surface area (TPSA) is 57.4 Å². The van der Waals surface area contributed by atoms with Gasteiger partial charge in [-0.3, -0.25) is 0 Å². The van der Waals surface area contributed by atoms with Crippen LogP contribution in [0.1, 0.15) is 12.0 Å². The van der Waals surface area contributed by atoms with Gasteiger partial charge in [0.1, 0.15) is 0 Å². The van der Waals surface area contributed by atoms with Crippen LogP contribution in [0.25, 0.3) is 0 Å². The quantitative estimate of drug-likeness (QED) is 0.868. The molecule has 0 unspecified atom stereocenters. The molecule has 0 spiro atoms. The summed E-state index contributed by atoms with van der Waals surface area (Å²) in [5, 5.41) is 1.19. The Labute approximate surface area is 130 Å². The van der Waals surface area contributed by atoms with Crippen LogP contribution >= 0.6 is 34.7 Å². The Bertz CT molecular complexity index is 618. The third-order valence-corrected chi connectivity index (χ3v) is 5.12. The Hall–Kier alpha value is -1.11. The number of hydrogen-bond donors (Lipinski definition) is 1. The molecule has 7 heteroatoms. The molecule has 2 N–H and O–H groups in total. The minimum absolute atomic E-state index is 0.587. The van der Waals surface area contributed by atoms with Crippen molar-refractivity contribution in [3.05, 3.63) is 28.9 Å². The van der Waals surface area contributed by atoms with E-state index in [0.717, 1.165) is 27.7 Å². The molecule has 0 amide bonds. The highest BCUT2D eigenvalue weighted by molar-refractivity contribution is 8.00. The molecule has 4 nitrogen and oxygen atoms in total. The van der Waals surface area contributed by atoms with E-state index in [1.54, 1.807) is 18.0 Å². The molecule has 0 radical (unpaired) electrons. The molecule has 0 fully saturated rings. The van der Waals surface area contributed by atoms with Gasteiger partial charge in [-0.1, -0.05) is 22.9 Å². The average Bonchev–Trinajstić information content (AvgIpc) is 2.70. The number of thiazole rings is 1. The van der Waals surface area contributed by atoms with E-state index < -0.39 is 0 Å². The molecule has 1 aromatic carbocycles. The molecule has 1 aromatic heterocycles. The highest BCUT2D eigenvalue weighted by Crippen LogP contribution is 2.39. The third-order valence-electron chi connectivity index (χ3n) is 2.75. The number of fused-ring (bicyclic) bond motifs is 1. The fraction of sp³-hybridized carbons (Fsp3) is 0.308. The van der Waals surface area contributed by atoms with Crippen LogP contribution in [0.4, 0.5) is 5.13 Å². The van der Waals surface area contributed by atoms with E-state index in [0.29, 0.717) is 29.1 Å². The van der Waals surface area contributed by atoms with Gasteiger partial charge < -0.3 is 15.2 Å². The maximum atomic E-state index is 6.26. The van der Waals surface area contributed by atoms with Gasteiger partial charge in [-0.2, -0.15) is 0 Å². The van der Waals surface area contributed by atoms with Crippen molar-refractivity contribution < 1.29 is 9.47 Å². The number of benzene rings is 1. The summed E-state index contributed by atoms with van der Waals surface area (Å²) < 4.78 is 12.4. The molecule has 2 heterocycles. The second-order valence-corrected chi connectivity index (χ2v) is 7.01. The third kappa shape index (κ3) is 3.13. The van der Waals surface area contributed by atoms with E-state index in [4.69, 9.17) is 26.8 Å². The van der Waals surface area contributed by atoms with Crippen LogP contribution in [0.3, 0.4) is 0 Å². The number of nitrogen functional groups attached to an aromatic ring is 1. The van der Waals surface area contributed by atoms with Crippen molar-refractivity contribution in [1.82, 2.24) is 4.98 Å². The van der Waals surface area contributed by atoms with Crippen LogP contribution in [-0.2, 0) is 5.75 Å². The Morgan fingerprint density at radius 2 is 2.20 bits per heavy atom. The van der Waals surface area contributed by atoms with Crippen LogP contribution in [0.2, 0.25) is 5.02 Å². The lowest BCUT2D eigenvalue weighted by Gasteiger charge is -2.11. The van der Waals surface area contributed by atoms with E-state index in [2.05, 4.69) is 4.98 Å². The molecular formula is C13H13ClN2O2S2. The Balaban J connectivity index is 1.77. The van der Waals surface area contributed by atoms with Crippen molar-refractivity contribution >= 4 is 39.8 Å². The zero-order valence-corrected chi connectivity index (χ0v) is 13.0. The number of rotatable bonds is 3. The first kappa shape index (κ1) is 13.9. The summed E-state index contributed by atoms with van der Waals surface area (Å²) in [4.78, 5) is 4.03. The van der Waals surface area contributed by atoms with Crippen LogP contribution < -0.4 is 15.2 Å². The van der Waals surface area contributed by atoms with Crippen molar-refractivity contribution in [2.75, 3.05) is 18.9 Å². The van der Waals surface area contributed by atoms with E-state index in [1.165, 1.54) is 11.3 Å². The summed E-state index contributed by atoms with van der Waals surface area (Å²) in [6.45, 7) is 1.30. The molecule has 1 aliphatic rings. The zero-order valence-electron chi connectivity index (χ0n) is 10.6. The molecule has 0 aliphatic carbocycles. The molecule has 0 saturated heterocycles. The van der Waals surface area contributed by atoms with Crippen molar-refractivity contribution in [1.29, 1.82) is 0 Å². The lowest BCUT2D eigenvalue weighted by Crippen LogP contribution is -1.97. The fourth-order valence-electron chi connectivity index (χ4n) is 1.86.